The van der Waals surface area contributed by atoms with Crippen molar-refractivity contribution in [2.45, 2.75) is 71.1 Å². The number of unbranched alkanes of at least 4 members (excludes halogenated alkanes) is 1. The Kier molecular flexibility index (Phi) is 11.4. The Bertz CT molecular complexity index is 1540. The van der Waals surface area contributed by atoms with Gasteiger partial charge in [0.2, 0.25) is 11.8 Å². The van der Waals surface area contributed by atoms with Crippen LogP contribution in [0.3, 0.4) is 0 Å². The summed E-state index contributed by atoms with van der Waals surface area (Å²) in [4.78, 5) is 51.9. The Hall–Kier alpha value is -4.15. The van der Waals surface area contributed by atoms with Gasteiger partial charge in [-0.25, -0.2) is 0 Å². The van der Waals surface area contributed by atoms with E-state index in [9.17, 15) is 14.7 Å². The number of aliphatic hydroxyl groups is 1. The van der Waals surface area contributed by atoms with Crippen molar-refractivity contribution in [2.75, 3.05) is 60.6 Å². The van der Waals surface area contributed by atoms with Crippen molar-refractivity contribution in [3.05, 3.63) is 73.8 Å². The molecule has 0 aromatic heterocycles. The SMILES string of the molecule is C=CCN(C(=O)C1N(CCCCO)C(=O)[C@@H]2[C@H](C(=O)N(CC=C)c3ccc(OCC)cc3)[C@@]3(C)OC12CC3C)c1ccc(N(CC)CC)cc1. The van der Waals surface area contributed by atoms with Crippen molar-refractivity contribution >= 4 is 34.8 Å². The van der Waals surface area contributed by atoms with Crippen molar-refractivity contribution in [1.29, 1.82) is 0 Å². The van der Waals surface area contributed by atoms with E-state index >= 15 is 4.79 Å². The highest BCUT2D eigenvalue weighted by Gasteiger charge is 2.80. The summed E-state index contributed by atoms with van der Waals surface area (Å²) in [5.74, 6) is -1.85. The van der Waals surface area contributed by atoms with Crippen molar-refractivity contribution in [2.24, 2.45) is 17.8 Å². The number of nitrogens with zero attached hydrogens (tertiary/aromatic N) is 4. The molecule has 5 rings (SSSR count). The van der Waals surface area contributed by atoms with Gasteiger partial charge in [-0.1, -0.05) is 19.1 Å². The van der Waals surface area contributed by atoms with Gasteiger partial charge in [0.25, 0.3) is 5.91 Å². The summed E-state index contributed by atoms with van der Waals surface area (Å²) in [6.45, 7) is 20.9. The summed E-state index contributed by atoms with van der Waals surface area (Å²) in [5, 5.41) is 9.62. The molecule has 2 bridgehead atoms. The molecule has 50 heavy (non-hydrogen) atoms. The normalized spacial score (nSPS) is 26.4. The molecule has 1 spiro atoms. The van der Waals surface area contributed by atoms with Gasteiger partial charge in [0.05, 0.1) is 24.0 Å². The fraction of sp³-hybridized carbons (Fsp3) is 0.525. The van der Waals surface area contributed by atoms with E-state index < -0.39 is 29.1 Å². The molecule has 0 aliphatic carbocycles. The molecule has 270 valence electrons. The molecule has 10 heteroatoms. The Morgan fingerprint density at radius 3 is 2.04 bits per heavy atom. The summed E-state index contributed by atoms with van der Waals surface area (Å²) in [6.07, 6.45) is 4.81. The third-order valence-electron chi connectivity index (χ3n) is 11.0. The summed E-state index contributed by atoms with van der Waals surface area (Å²) in [7, 11) is 0. The first-order valence-electron chi connectivity index (χ1n) is 18.1. The molecule has 2 aromatic carbocycles. The number of hydrogen-bond acceptors (Lipinski definition) is 7. The molecule has 3 aliphatic rings. The van der Waals surface area contributed by atoms with Crippen LogP contribution in [-0.2, 0) is 19.1 Å². The van der Waals surface area contributed by atoms with Gasteiger partial charge in [-0.15, -0.1) is 13.2 Å². The Labute approximate surface area is 297 Å². The van der Waals surface area contributed by atoms with Crippen molar-refractivity contribution in [3.8, 4) is 5.75 Å². The number of amides is 3. The third kappa shape index (κ3) is 6.32. The molecule has 3 unspecified atom stereocenters. The maximum absolute atomic E-state index is 15.0. The van der Waals surface area contributed by atoms with Gasteiger partial charge in [0.1, 0.15) is 17.4 Å². The number of rotatable bonds is 17. The predicted octanol–water partition coefficient (Wildman–Crippen LogP) is 5.45. The molecule has 3 fully saturated rings. The fourth-order valence-corrected chi connectivity index (χ4v) is 8.57. The molecule has 6 atom stereocenters. The molecule has 3 heterocycles. The van der Waals surface area contributed by atoms with E-state index in [4.69, 9.17) is 9.47 Å². The minimum Gasteiger partial charge on any atom is -0.494 e. The van der Waals surface area contributed by atoms with E-state index in [1.54, 1.807) is 26.9 Å². The van der Waals surface area contributed by atoms with Gasteiger partial charge in [0.15, 0.2) is 0 Å². The fourth-order valence-electron chi connectivity index (χ4n) is 8.57. The number of benzene rings is 2. The number of likely N-dealkylation sites (tertiary alicyclic amines) is 1. The molecule has 3 aliphatic heterocycles. The first kappa shape index (κ1) is 37.1. The first-order valence-corrected chi connectivity index (χ1v) is 18.1. The van der Waals surface area contributed by atoms with Gasteiger partial charge >= 0.3 is 0 Å². The van der Waals surface area contributed by atoms with Crippen LogP contribution in [0.25, 0.3) is 0 Å². The van der Waals surface area contributed by atoms with Gasteiger partial charge < -0.3 is 34.2 Å². The highest BCUT2D eigenvalue weighted by Crippen LogP contribution is 2.65. The van der Waals surface area contributed by atoms with E-state index in [0.717, 1.165) is 18.8 Å². The van der Waals surface area contributed by atoms with Crippen LogP contribution in [0, 0.1) is 17.8 Å². The van der Waals surface area contributed by atoms with Gasteiger partial charge in [0, 0.05) is 56.4 Å². The molecule has 1 N–H and O–H groups in total. The average Bonchev–Trinajstić information content (AvgIpc) is 3.63. The quantitative estimate of drug-likeness (QED) is 0.174. The number of carbonyl (C=O) groups is 3. The van der Waals surface area contributed by atoms with E-state index in [-0.39, 0.29) is 49.9 Å². The van der Waals surface area contributed by atoms with Crippen LogP contribution in [0.15, 0.2) is 73.8 Å². The lowest BCUT2D eigenvalue weighted by molar-refractivity contribution is -0.145. The summed E-state index contributed by atoms with van der Waals surface area (Å²) >= 11 is 0. The number of aliphatic hydroxyl groups excluding tert-OH is 1. The summed E-state index contributed by atoms with van der Waals surface area (Å²) < 4.78 is 12.7. The van der Waals surface area contributed by atoms with E-state index in [1.165, 1.54) is 0 Å². The Balaban J connectivity index is 1.57. The lowest BCUT2D eigenvalue weighted by Gasteiger charge is -2.39. The summed E-state index contributed by atoms with van der Waals surface area (Å²) in [5.41, 5.74) is 0.228. The number of ether oxygens (including phenoxy) is 2. The second-order valence-electron chi connectivity index (χ2n) is 13.8. The van der Waals surface area contributed by atoms with E-state index in [1.807, 2.05) is 69.3 Å². The zero-order valence-electron chi connectivity index (χ0n) is 30.3. The highest BCUT2D eigenvalue weighted by molar-refractivity contribution is 6.07. The van der Waals surface area contributed by atoms with E-state index in [0.29, 0.717) is 43.0 Å². The molecule has 10 nitrogen and oxygen atoms in total. The topological polar surface area (TPSA) is 103 Å². The molecule has 0 radical (unpaired) electrons. The lowest BCUT2D eigenvalue weighted by Crippen LogP contribution is -2.57. The van der Waals surface area contributed by atoms with Gasteiger partial charge in [-0.3, -0.25) is 14.4 Å². The second-order valence-corrected chi connectivity index (χ2v) is 13.8. The first-order chi connectivity index (χ1) is 24.1. The molecule has 0 saturated carbocycles. The van der Waals surface area contributed by atoms with Crippen LogP contribution >= 0.6 is 0 Å². The monoisotopic (exact) mass is 686 g/mol. The largest absolute Gasteiger partial charge is 0.494 e. The number of carbonyl (C=O) groups excluding carboxylic acids is 3. The number of fused-ring (bicyclic) bond motifs is 1. The van der Waals surface area contributed by atoms with E-state index in [2.05, 4.69) is 31.9 Å². The molecule has 2 aromatic rings. The van der Waals surface area contributed by atoms with Crippen LogP contribution in [0.5, 0.6) is 5.75 Å². The predicted molar refractivity (Wildman–Crippen MR) is 198 cm³/mol. The number of hydrogen-bond donors (Lipinski definition) is 1. The lowest BCUT2D eigenvalue weighted by atomic mass is 9.62. The molecule has 3 amide bonds. The van der Waals surface area contributed by atoms with Crippen molar-refractivity contribution < 1.29 is 29.0 Å². The smallest absolute Gasteiger partial charge is 0.253 e. The Morgan fingerprint density at radius 2 is 1.50 bits per heavy atom. The Morgan fingerprint density at radius 1 is 0.940 bits per heavy atom. The van der Waals surface area contributed by atoms with Crippen LogP contribution in [0.4, 0.5) is 17.1 Å². The number of anilines is 3. The maximum Gasteiger partial charge on any atom is 0.253 e. The van der Waals surface area contributed by atoms with Crippen molar-refractivity contribution in [3.63, 3.8) is 0 Å². The molecule has 3 saturated heterocycles. The van der Waals surface area contributed by atoms with Crippen LogP contribution < -0.4 is 19.4 Å². The minimum absolute atomic E-state index is 0.0258. The van der Waals surface area contributed by atoms with Gasteiger partial charge in [-0.05, 0) is 101 Å². The second kappa shape index (κ2) is 15.4. The standard InChI is InChI=1S/C40H54N4O6/c1-8-23-42(31-19-21-32(22-20-31)49-12-5)36(46)33-34-37(47)44(25-13-14-26-45)35(40(34)27-28(6)39(33,7)50-40)38(48)43(24-9-2)30-17-15-29(16-18-30)41(10-3)11-4/h8-9,15-22,28,33-35,45H,1-2,10-14,23-27H2,3-7H3/t28?,33-,34+,35?,39+,40?/m1/s1. The summed E-state index contributed by atoms with van der Waals surface area (Å²) in [6, 6.07) is 14.3. The average molecular weight is 687 g/mol. The maximum atomic E-state index is 15.0. The molecular formula is C40H54N4O6. The highest BCUT2D eigenvalue weighted by atomic mass is 16.5. The minimum atomic E-state index is -1.21. The van der Waals surface area contributed by atoms with Crippen LogP contribution in [-0.4, -0.2) is 90.9 Å². The van der Waals surface area contributed by atoms with Crippen molar-refractivity contribution in [1.82, 2.24) is 4.90 Å². The zero-order chi connectivity index (χ0) is 36.2. The van der Waals surface area contributed by atoms with Gasteiger partial charge in [-0.2, -0.15) is 0 Å². The zero-order valence-corrected chi connectivity index (χ0v) is 30.3. The van der Waals surface area contributed by atoms with Crippen LogP contribution in [0.2, 0.25) is 0 Å². The van der Waals surface area contributed by atoms with Crippen LogP contribution in [0.1, 0.15) is 53.9 Å². The molecular weight excluding hydrogens is 632 g/mol. The third-order valence-corrected chi connectivity index (χ3v) is 11.0.